The topological polar surface area (TPSA) is 60.1 Å². The molecule has 1 N–H and O–H groups in total. The summed E-state index contributed by atoms with van der Waals surface area (Å²) in [7, 11) is 0. The van der Waals surface area contributed by atoms with Gasteiger partial charge in [0, 0.05) is 11.7 Å². The highest BCUT2D eigenvalue weighted by Gasteiger charge is 2.23. The minimum absolute atomic E-state index is 0.0167. The Kier molecular flexibility index (Phi) is 3.92. The van der Waals surface area contributed by atoms with Crippen LogP contribution in [0.5, 0.6) is 0 Å². The number of rotatable bonds is 4. The zero-order chi connectivity index (χ0) is 17.4. The molecule has 0 fully saturated rings. The monoisotopic (exact) mass is 335 g/mol. The van der Waals surface area contributed by atoms with Gasteiger partial charge >= 0.3 is 0 Å². The fourth-order valence-corrected chi connectivity index (χ4v) is 3.54. The molecule has 5 heteroatoms. The largest absolute Gasteiger partial charge is 0.472 e. The number of aromatic nitrogens is 2. The van der Waals surface area contributed by atoms with Crippen LogP contribution in [0.3, 0.4) is 0 Å². The molecule has 0 unspecified atom stereocenters. The number of nitrogens with one attached hydrogen (secondary N) is 1. The van der Waals surface area contributed by atoms with Crippen molar-refractivity contribution < 1.29 is 9.21 Å². The Labute approximate surface area is 146 Å². The van der Waals surface area contributed by atoms with E-state index in [1.165, 1.54) is 11.1 Å². The molecule has 0 saturated heterocycles. The van der Waals surface area contributed by atoms with Crippen molar-refractivity contribution in [2.45, 2.75) is 39.3 Å². The van der Waals surface area contributed by atoms with Crippen molar-refractivity contribution in [2.24, 2.45) is 0 Å². The second-order valence-electron chi connectivity index (χ2n) is 6.65. The average Bonchev–Trinajstić information content (AvgIpc) is 3.30. The van der Waals surface area contributed by atoms with Crippen LogP contribution in [0.15, 0.2) is 47.3 Å². The Morgan fingerprint density at radius 1 is 1.24 bits per heavy atom. The molecular weight excluding hydrogens is 314 g/mol. The lowest BCUT2D eigenvalue weighted by Crippen LogP contribution is -2.37. The number of hydrogen-bond acceptors (Lipinski definition) is 3. The quantitative estimate of drug-likeness (QED) is 0.797. The SMILES string of the molecule is Cc1nc(-c2ccoc2)n(CC(=O)NC2Cc3ccccc3C2)c1C. The number of amides is 1. The van der Waals surface area contributed by atoms with E-state index >= 15 is 0 Å². The van der Waals surface area contributed by atoms with Crippen molar-refractivity contribution in [3.8, 4) is 11.4 Å². The Bertz CT molecular complexity index is 884. The summed E-state index contributed by atoms with van der Waals surface area (Å²) >= 11 is 0. The first-order valence-electron chi connectivity index (χ1n) is 8.54. The molecule has 5 nitrogen and oxygen atoms in total. The van der Waals surface area contributed by atoms with Gasteiger partial charge in [-0.2, -0.15) is 0 Å². The summed E-state index contributed by atoms with van der Waals surface area (Å²) < 4.78 is 7.12. The van der Waals surface area contributed by atoms with Gasteiger partial charge in [-0.25, -0.2) is 4.98 Å². The summed E-state index contributed by atoms with van der Waals surface area (Å²) in [6.07, 6.45) is 5.08. The molecule has 0 aliphatic heterocycles. The average molecular weight is 335 g/mol. The van der Waals surface area contributed by atoms with Gasteiger partial charge in [0.1, 0.15) is 18.6 Å². The maximum Gasteiger partial charge on any atom is 0.240 e. The minimum Gasteiger partial charge on any atom is -0.472 e. The third-order valence-electron chi connectivity index (χ3n) is 4.95. The van der Waals surface area contributed by atoms with Crippen LogP contribution in [-0.2, 0) is 24.2 Å². The van der Waals surface area contributed by atoms with Crippen LogP contribution in [0.1, 0.15) is 22.5 Å². The number of fused-ring (bicyclic) bond motifs is 1. The summed E-state index contributed by atoms with van der Waals surface area (Å²) in [6, 6.07) is 10.4. The maximum absolute atomic E-state index is 12.6. The molecular formula is C20H21N3O2. The molecule has 2 aromatic heterocycles. The van der Waals surface area contributed by atoms with Gasteiger partial charge in [-0.15, -0.1) is 0 Å². The molecule has 0 spiro atoms. The summed E-state index contributed by atoms with van der Waals surface area (Å²) in [5, 5.41) is 3.17. The van der Waals surface area contributed by atoms with Gasteiger partial charge in [0.25, 0.3) is 0 Å². The molecule has 1 aliphatic rings. The third-order valence-corrected chi connectivity index (χ3v) is 4.95. The van der Waals surface area contributed by atoms with E-state index < -0.39 is 0 Å². The molecule has 1 amide bonds. The number of hydrogen-bond donors (Lipinski definition) is 1. The molecule has 4 rings (SSSR count). The van der Waals surface area contributed by atoms with E-state index in [1.807, 2.05) is 24.5 Å². The summed E-state index contributed by atoms with van der Waals surface area (Å²) in [6.45, 7) is 4.21. The van der Waals surface area contributed by atoms with E-state index in [2.05, 4.69) is 34.6 Å². The van der Waals surface area contributed by atoms with Gasteiger partial charge in [-0.3, -0.25) is 4.79 Å². The van der Waals surface area contributed by atoms with Crippen molar-refractivity contribution >= 4 is 5.91 Å². The molecule has 25 heavy (non-hydrogen) atoms. The molecule has 2 heterocycles. The zero-order valence-corrected chi connectivity index (χ0v) is 14.5. The number of furan rings is 1. The number of imidazole rings is 1. The fourth-order valence-electron chi connectivity index (χ4n) is 3.54. The first-order valence-corrected chi connectivity index (χ1v) is 8.54. The highest BCUT2D eigenvalue weighted by atomic mass is 16.3. The third kappa shape index (κ3) is 2.97. The van der Waals surface area contributed by atoms with Crippen molar-refractivity contribution in [3.05, 3.63) is 65.4 Å². The van der Waals surface area contributed by atoms with Crippen LogP contribution in [0.25, 0.3) is 11.4 Å². The normalized spacial score (nSPS) is 13.8. The Morgan fingerprint density at radius 2 is 1.96 bits per heavy atom. The summed E-state index contributed by atoms with van der Waals surface area (Å²) in [5.74, 6) is 0.789. The van der Waals surface area contributed by atoms with E-state index in [9.17, 15) is 4.79 Å². The van der Waals surface area contributed by atoms with Crippen LogP contribution >= 0.6 is 0 Å². The van der Waals surface area contributed by atoms with E-state index in [0.717, 1.165) is 35.6 Å². The van der Waals surface area contributed by atoms with Crippen LogP contribution < -0.4 is 5.32 Å². The lowest BCUT2D eigenvalue weighted by molar-refractivity contribution is -0.122. The number of carbonyl (C=O) groups is 1. The molecule has 0 saturated carbocycles. The van der Waals surface area contributed by atoms with E-state index in [0.29, 0.717) is 0 Å². The van der Waals surface area contributed by atoms with Crippen LogP contribution in [0.2, 0.25) is 0 Å². The molecule has 3 aromatic rings. The summed E-state index contributed by atoms with van der Waals surface area (Å²) in [4.78, 5) is 17.2. The smallest absolute Gasteiger partial charge is 0.240 e. The van der Waals surface area contributed by atoms with E-state index in [-0.39, 0.29) is 18.5 Å². The number of benzene rings is 1. The first kappa shape index (κ1) is 15.7. The molecule has 0 bridgehead atoms. The van der Waals surface area contributed by atoms with Gasteiger partial charge < -0.3 is 14.3 Å². The lowest BCUT2D eigenvalue weighted by atomic mass is 10.1. The predicted octanol–water partition coefficient (Wildman–Crippen LogP) is 3.04. The van der Waals surface area contributed by atoms with Gasteiger partial charge in [0.05, 0.1) is 17.5 Å². The van der Waals surface area contributed by atoms with Gasteiger partial charge in [0.2, 0.25) is 5.91 Å². The van der Waals surface area contributed by atoms with Crippen molar-refractivity contribution in [1.82, 2.24) is 14.9 Å². The molecule has 0 atom stereocenters. The van der Waals surface area contributed by atoms with E-state index in [1.54, 1.807) is 12.5 Å². The van der Waals surface area contributed by atoms with Crippen molar-refractivity contribution in [2.75, 3.05) is 0 Å². The molecule has 0 radical (unpaired) electrons. The molecule has 1 aromatic carbocycles. The number of carbonyl (C=O) groups excluding carboxylic acids is 1. The maximum atomic E-state index is 12.6. The van der Waals surface area contributed by atoms with Crippen LogP contribution in [0, 0.1) is 13.8 Å². The second-order valence-corrected chi connectivity index (χ2v) is 6.65. The van der Waals surface area contributed by atoms with Gasteiger partial charge in [-0.05, 0) is 43.9 Å². The first-order chi connectivity index (χ1) is 12.1. The van der Waals surface area contributed by atoms with Gasteiger partial charge in [-0.1, -0.05) is 24.3 Å². The predicted molar refractivity (Wildman–Crippen MR) is 95.2 cm³/mol. The molecule has 1 aliphatic carbocycles. The Hall–Kier alpha value is -2.82. The number of nitrogens with zero attached hydrogens (tertiary/aromatic N) is 2. The second kappa shape index (κ2) is 6.24. The van der Waals surface area contributed by atoms with E-state index in [4.69, 9.17) is 4.42 Å². The molecule has 128 valence electrons. The Balaban J connectivity index is 1.49. The minimum atomic E-state index is 0.0167. The fraction of sp³-hybridized carbons (Fsp3) is 0.300. The Morgan fingerprint density at radius 3 is 2.60 bits per heavy atom. The van der Waals surface area contributed by atoms with Crippen molar-refractivity contribution in [3.63, 3.8) is 0 Å². The van der Waals surface area contributed by atoms with Gasteiger partial charge in [0.15, 0.2) is 0 Å². The van der Waals surface area contributed by atoms with Crippen LogP contribution in [-0.4, -0.2) is 21.5 Å². The standard InChI is InChI=1S/C20H21N3O2/c1-13-14(2)23(20(21-13)17-7-8-25-12-17)11-19(24)22-18-9-15-5-3-4-6-16(15)10-18/h3-8,12,18H,9-11H2,1-2H3,(H,22,24). The zero-order valence-electron chi connectivity index (χ0n) is 14.5. The van der Waals surface area contributed by atoms with Crippen molar-refractivity contribution in [1.29, 1.82) is 0 Å². The highest BCUT2D eigenvalue weighted by molar-refractivity contribution is 5.77. The summed E-state index contributed by atoms with van der Waals surface area (Å²) in [5.41, 5.74) is 5.48. The lowest BCUT2D eigenvalue weighted by Gasteiger charge is -2.14. The van der Waals surface area contributed by atoms with Crippen LogP contribution in [0.4, 0.5) is 0 Å². The highest BCUT2D eigenvalue weighted by Crippen LogP contribution is 2.23. The number of aryl methyl sites for hydroxylation is 1.